The maximum Gasteiger partial charge on any atom is 0.195 e. The van der Waals surface area contributed by atoms with Gasteiger partial charge in [0.25, 0.3) is 0 Å². The normalized spacial score (nSPS) is 16.3. The van der Waals surface area contributed by atoms with Gasteiger partial charge in [-0.15, -0.1) is 0 Å². The van der Waals surface area contributed by atoms with Gasteiger partial charge in [0.05, 0.1) is 0 Å². The van der Waals surface area contributed by atoms with Crippen LogP contribution in [0, 0.1) is 0 Å². The Kier molecular flexibility index (Phi) is 1.84. The van der Waals surface area contributed by atoms with Gasteiger partial charge in [0, 0.05) is 23.5 Å². The highest BCUT2D eigenvalue weighted by Gasteiger charge is 2.32. The average molecular weight is 233 g/mol. The van der Waals surface area contributed by atoms with Crippen LogP contribution in [0.1, 0.15) is 27.0 Å². The summed E-state index contributed by atoms with van der Waals surface area (Å²) < 4.78 is 0. The van der Waals surface area contributed by atoms with Gasteiger partial charge in [-0.3, -0.25) is 9.78 Å². The smallest absolute Gasteiger partial charge is 0.195 e. The SMILES string of the molecule is O=C1C2=C(Cc3ccncc31)Cc1ccccc12. The summed E-state index contributed by atoms with van der Waals surface area (Å²) in [6.45, 7) is 0. The van der Waals surface area contributed by atoms with E-state index in [1.807, 2.05) is 18.2 Å². The molecule has 0 bridgehead atoms. The van der Waals surface area contributed by atoms with Gasteiger partial charge in [-0.2, -0.15) is 0 Å². The molecular weight excluding hydrogens is 222 g/mol. The van der Waals surface area contributed by atoms with Gasteiger partial charge in [-0.25, -0.2) is 0 Å². The first kappa shape index (κ1) is 9.77. The van der Waals surface area contributed by atoms with Gasteiger partial charge in [0.15, 0.2) is 5.78 Å². The monoisotopic (exact) mass is 233 g/mol. The molecule has 86 valence electrons. The Hall–Kier alpha value is -2.22. The van der Waals surface area contributed by atoms with Crippen molar-refractivity contribution in [1.82, 2.24) is 4.98 Å². The summed E-state index contributed by atoms with van der Waals surface area (Å²) >= 11 is 0. The van der Waals surface area contributed by atoms with E-state index < -0.39 is 0 Å². The topological polar surface area (TPSA) is 30.0 Å². The quantitative estimate of drug-likeness (QED) is 0.700. The lowest BCUT2D eigenvalue weighted by molar-refractivity contribution is 0.105. The first-order valence-corrected chi connectivity index (χ1v) is 6.12. The molecule has 2 aliphatic carbocycles. The third-order valence-electron chi connectivity index (χ3n) is 3.83. The third-order valence-corrected chi connectivity index (χ3v) is 3.83. The highest BCUT2D eigenvalue weighted by atomic mass is 16.1. The molecule has 0 atom stereocenters. The van der Waals surface area contributed by atoms with Crippen LogP contribution in [0.2, 0.25) is 0 Å². The standard InChI is InChI=1S/C16H11NO/c18-16-14-9-17-6-5-11(14)8-12-7-10-3-1-2-4-13(10)15(12)16/h1-6,9H,7-8H2. The van der Waals surface area contributed by atoms with Crippen LogP contribution in [0.4, 0.5) is 0 Å². The minimum Gasteiger partial charge on any atom is -0.289 e. The van der Waals surface area contributed by atoms with Gasteiger partial charge in [0.2, 0.25) is 0 Å². The maximum atomic E-state index is 12.6. The van der Waals surface area contributed by atoms with E-state index in [0.717, 1.165) is 35.1 Å². The number of rotatable bonds is 0. The predicted molar refractivity (Wildman–Crippen MR) is 69.3 cm³/mol. The van der Waals surface area contributed by atoms with Crippen LogP contribution in [-0.4, -0.2) is 10.8 Å². The zero-order valence-corrected chi connectivity index (χ0v) is 9.81. The van der Waals surface area contributed by atoms with Crippen molar-refractivity contribution < 1.29 is 4.79 Å². The molecule has 0 amide bonds. The minimum absolute atomic E-state index is 0.143. The highest BCUT2D eigenvalue weighted by molar-refractivity contribution is 6.32. The van der Waals surface area contributed by atoms with Crippen molar-refractivity contribution in [2.24, 2.45) is 0 Å². The maximum absolute atomic E-state index is 12.6. The van der Waals surface area contributed by atoms with E-state index in [4.69, 9.17) is 0 Å². The number of Topliss-reactive ketones (excluding diaryl/α,β-unsaturated/α-hetero) is 1. The first-order valence-electron chi connectivity index (χ1n) is 6.12. The summed E-state index contributed by atoms with van der Waals surface area (Å²) in [7, 11) is 0. The summed E-state index contributed by atoms with van der Waals surface area (Å²) in [6, 6.07) is 10.2. The van der Waals surface area contributed by atoms with Crippen molar-refractivity contribution in [1.29, 1.82) is 0 Å². The Labute approximate surface area is 105 Å². The molecule has 2 nitrogen and oxygen atoms in total. The van der Waals surface area contributed by atoms with Crippen LogP contribution in [-0.2, 0) is 12.8 Å². The van der Waals surface area contributed by atoms with Crippen LogP contribution in [0.25, 0.3) is 5.57 Å². The van der Waals surface area contributed by atoms with Gasteiger partial charge >= 0.3 is 0 Å². The summed E-state index contributed by atoms with van der Waals surface area (Å²) in [5, 5.41) is 0. The number of fused-ring (bicyclic) bond motifs is 3. The van der Waals surface area contributed by atoms with Crippen molar-refractivity contribution in [3.05, 3.63) is 70.6 Å². The van der Waals surface area contributed by atoms with Crippen LogP contribution in [0.15, 0.2) is 48.3 Å². The number of nitrogens with zero attached hydrogens (tertiary/aromatic N) is 1. The van der Waals surface area contributed by atoms with E-state index >= 15 is 0 Å². The van der Waals surface area contributed by atoms with Gasteiger partial charge in [-0.05, 0) is 41.2 Å². The number of benzene rings is 1. The molecular formula is C16H11NO. The molecule has 2 aliphatic rings. The number of allylic oxidation sites excluding steroid dienone is 2. The number of hydrogen-bond donors (Lipinski definition) is 0. The van der Waals surface area contributed by atoms with E-state index in [1.165, 1.54) is 11.1 Å². The molecule has 1 aromatic carbocycles. The Balaban J connectivity index is 1.93. The molecule has 2 aromatic rings. The minimum atomic E-state index is 0.143. The van der Waals surface area contributed by atoms with Crippen molar-refractivity contribution in [3.8, 4) is 0 Å². The van der Waals surface area contributed by atoms with Crippen LogP contribution >= 0.6 is 0 Å². The Morgan fingerprint density at radius 2 is 1.72 bits per heavy atom. The zero-order chi connectivity index (χ0) is 12.1. The second-order valence-corrected chi connectivity index (χ2v) is 4.85. The van der Waals surface area contributed by atoms with Gasteiger partial charge in [-0.1, -0.05) is 24.3 Å². The Morgan fingerprint density at radius 1 is 0.944 bits per heavy atom. The zero-order valence-electron chi connectivity index (χ0n) is 9.81. The molecule has 4 rings (SSSR count). The molecule has 0 saturated heterocycles. The van der Waals surface area contributed by atoms with Crippen molar-refractivity contribution >= 4 is 11.4 Å². The molecule has 2 heteroatoms. The molecule has 1 heterocycles. The Morgan fingerprint density at radius 3 is 2.61 bits per heavy atom. The lowest BCUT2D eigenvalue weighted by atomic mass is 9.86. The Bertz CT molecular complexity index is 713. The van der Waals surface area contributed by atoms with Crippen LogP contribution in [0.5, 0.6) is 0 Å². The van der Waals surface area contributed by atoms with E-state index in [1.54, 1.807) is 12.4 Å². The van der Waals surface area contributed by atoms with E-state index in [-0.39, 0.29) is 5.78 Å². The summed E-state index contributed by atoms with van der Waals surface area (Å²) in [4.78, 5) is 16.6. The summed E-state index contributed by atoms with van der Waals surface area (Å²) in [6.07, 6.45) is 5.26. The molecule has 0 N–H and O–H groups in total. The summed E-state index contributed by atoms with van der Waals surface area (Å²) in [5.41, 5.74) is 6.46. The van der Waals surface area contributed by atoms with Crippen molar-refractivity contribution in [2.45, 2.75) is 12.8 Å². The molecule has 0 unspecified atom stereocenters. The van der Waals surface area contributed by atoms with Crippen LogP contribution in [0.3, 0.4) is 0 Å². The fourth-order valence-electron chi connectivity index (χ4n) is 3.01. The second-order valence-electron chi connectivity index (χ2n) is 4.85. The lowest BCUT2D eigenvalue weighted by Crippen LogP contribution is -2.13. The fraction of sp³-hybridized carbons (Fsp3) is 0.125. The molecule has 0 spiro atoms. The van der Waals surface area contributed by atoms with Gasteiger partial charge in [0.1, 0.15) is 0 Å². The lowest BCUT2D eigenvalue weighted by Gasteiger charge is -2.16. The van der Waals surface area contributed by atoms with E-state index in [2.05, 4.69) is 17.1 Å². The predicted octanol–water partition coefficient (Wildman–Crippen LogP) is 2.83. The summed E-state index contributed by atoms with van der Waals surface area (Å²) in [5.74, 6) is 0.143. The number of aromatic nitrogens is 1. The fourth-order valence-corrected chi connectivity index (χ4v) is 3.01. The number of ketones is 1. The number of hydrogen-bond acceptors (Lipinski definition) is 2. The first-order chi connectivity index (χ1) is 8.84. The molecule has 0 radical (unpaired) electrons. The van der Waals surface area contributed by atoms with Crippen molar-refractivity contribution in [2.75, 3.05) is 0 Å². The molecule has 0 saturated carbocycles. The number of pyridine rings is 1. The van der Waals surface area contributed by atoms with E-state index in [9.17, 15) is 4.79 Å². The number of carbonyl (C=O) groups is 1. The second kappa shape index (κ2) is 3.39. The third kappa shape index (κ3) is 1.17. The molecule has 0 aliphatic heterocycles. The molecule has 18 heavy (non-hydrogen) atoms. The largest absolute Gasteiger partial charge is 0.289 e. The average Bonchev–Trinajstić information content (AvgIpc) is 2.77. The number of carbonyl (C=O) groups excluding carboxylic acids is 1. The van der Waals surface area contributed by atoms with Crippen molar-refractivity contribution in [3.63, 3.8) is 0 Å². The van der Waals surface area contributed by atoms with E-state index in [0.29, 0.717) is 0 Å². The van der Waals surface area contributed by atoms with Gasteiger partial charge < -0.3 is 0 Å². The highest BCUT2D eigenvalue weighted by Crippen LogP contribution is 2.40. The van der Waals surface area contributed by atoms with Crippen LogP contribution < -0.4 is 0 Å². The molecule has 0 fully saturated rings. The molecule has 1 aromatic heterocycles.